The third kappa shape index (κ3) is 10.0. The fourth-order valence-electron chi connectivity index (χ4n) is 2.10. The van der Waals surface area contributed by atoms with Crippen molar-refractivity contribution in [2.75, 3.05) is 40.6 Å². The van der Waals surface area contributed by atoms with E-state index in [2.05, 4.69) is 24.3 Å². The predicted molar refractivity (Wildman–Crippen MR) is 87.9 cm³/mol. The van der Waals surface area contributed by atoms with Gasteiger partial charge in [-0.3, -0.25) is 0 Å². The van der Waals surface area contributed by atoms with Crippen LogP contribution in [0.15, 0.2) is 49.1 Å². The van der Waals surface area contributed by atoms with Crippen LogP contribution in [0.4, 0.5) is 0 Å². The molecule has 2 rings (SSSR count). The molecule has 0 aliphatic carbocycles. The van der Waals surface area contributed by atoms with Crippen LogP contribution in [0, 0.1) is 0 Å². The molecule has 0 aromatic carbocycles. The van der Waals surface area contributed by atoms with E-state index in [1.165, 1.54) is 0 Å². The summed E-state index contributed by atoms with van der Waals surface area (Å²) in [5.74, 6) is 0. The average molecular weight is 512 g/mol. The Labute approximate surface area is 205 Å². The topological polar surface area (TPSA) is 44.7 Å². The summed E-state index contributed by atoms with van der Waals surface area (Å²) in [7, 11) is 3.33. The van der Waals surface area contributed by atoms with Gasteiger partial charge in [0.1, 0.15) is 0 Å². The van der Waals surface area contributed by atoms with Gasteiger partial charge in [0, 0.05) is 104 Å². The Hall–Kier alpha value is 0.348. The smallest absolute Gasteiger partial charge is 0.252 e. The Morgan fingerprint density at radius 3 is 1.27 bits per heavy atom. The molecule has 136 valence electrons. The molecule has 0 aliphatic heterocycles. The number of ether oxygens (including phenoxy) is 4. The summed E-state index contributed by atoms with van der Waals surface area (Å²) in [4.78, 5) is 0. The maximum Gasteiger partial charge on any atom is 0.252 e. The normalized spacial score (nSPS) is 10.1. The van der Waals surface area contributed by atoms with E-state index in [4.69, 9.17) is 18.9 Å². The first-order chi connectivity index (χ1) is 11.8. The SMILES string of the molecule is COCCOC[n+]1ccc(-c2cc[n+](COCCOC)cc2)cc1.[Y].[Y]. The van der Waals surface area contributed by atoms with Crippen LogP contribution in [-0.4, -0.2) is 40.6 Å². The fourth-order valence-corrected chi connectivity index (χ4v) is 2.10. The van der Waals surface area contributed by atoms with Gasteiger partial charge < -0.3 is 18.9 Å². The minimum absolute atomic E-state index is 0. The molecule has 0 aliphatic rings. The molecule has 2 radical (unpaired) electrons. The van der Waals surface area contributed by atoms with Crippen LogP contribution >= 0.6 is 0 Å². The standard InChI is InChI=1S/C18H26N2O4.2Y/c1-21-11-13-23-15-19-7-3-17(4-8-19)18-5-9-20(10-6-18)16-24-14-12-22-2;;/h3-10H,11-16H2,1-2H3;;/q+2;;. The molecule has 2 aromatic rings. The molecule has 0 unspecified atom stereocenters. The number of pyridine rings is 2. The number of nitrogens with zero attached hydrogens (tertiary/aromatic N) is 2. The van der Waals surface area contributed by atoms with E-state index in [-0.39, 0.29) is 65.4 Å². The monoisotopic (exact) mass is 512 g/mol. The van der Waals surface area contributed by atoms with Gasteiger partial charge in [-0.15, -0.1) is 0 Å². The largest absolute Gasteiger partial charge is 0.382 e. The van der Waals surface area contributed by atoms with E-state index in [9.17, 15) is 0 Å². The first-order valence-corrected chi connectivity index (χ1v) is 7.95. The van der Waals surface area contributed by atoms with Gasteiger partial charge in [-0.05, 0) is 11.1 Å². The fraction of sp³-hybridized carbons (Fsp3) is 0.444. The van der Waals surface area contributed by atoms with Crippen LogP contribution in [0.3, 0.4) is 0 Å². The van der Waals surface area contributed by atoms with Crippen LogP contribution in [0.5, 0.6) is 0 Å². The van der Waals surface area contributed by atoms with Crippen molar-refractivity contribution in [1.82, 2.24) is 0 Å². The van der Waals surface area contributed by atoms with Crippen molar-refractivity contribution in [2.24, 2.45) is 0 Å². The minimum atomic E-state index is 0. The van der Waals surface area contributed by atoms with E-state index in [1.54, 1.807) is 14.2 Å². The summed E-state index contributed by atoms with van der Waals surface area (Å²) in [6.07, 6.45) is 8.04. The number of methoxy groups -OCH3 is 2. The van der Waals surface area contributed by atoms with Gasteiger partial charge >= 0.3 is 0 Å². The summed E-state index contributed by atoms with van der Waals surface area (Å²) in [6, 6.07) is 8.31. The Morgan fingerprint density at radius 1 is 0.615 bits per heavy atom. The molecule has 0 saturated carbocycles. The van der Waals surface area contributed by atoms with E-state index in [1.807, 2.05) is 33.9 Å². The number of aromatic nitrogens is 2. The van der Waals surface area contributed by atoms with Gasteiger partial charge in [0.2, 0.25) is 0 Å². The van der Waals surface area contributed by atoms with Crippen LogP contribution in [-0.2, 0) is 97.8 Å². The molecule has 26 heavy (non-hydrogen) atoms. The zero-order valence-electron chi connectivity index (χ0n) is 15.5. The molecule has 8 heteroatoms. The minimum Gasteiger partial charge on any atom is -0.382 e. The molecular weight excluding hydrogens is 486 g/mol. The predicted octanol–water partition coefficient (Wildman–Crippen LogP) is 1.16. The number of rotatable bonds is 11. The zero-order chi connectivity index (χ0) is 17.0. The molecule has 0 bridgehead atoms. The zero-order valence-corrected chi connectivity index (χ0v) is 21.2. The Bertz CT molecular complexity index is 529. The van der Waals surface area contributed by atoms with Crippen molar-refractivity contribution in [3.63, 3.8) is 0 Å². The van der Waals surface area contributed by atoms with Crippen molar-refractivity contribution >= 4 is 0 Å². The second kappa shape index (κ2) is 16.3. The van der Waals surface area contributed by atoms with E-state index >= 15 is 0 Å². The molecular formula is C18H26N2O4Y2+2. The maximum absolute atomic E-state index is 5.49. The van der Waals surface area contributed by atoms with Crippen LogP contribution < -0.4 is 9.13 Å². The maximum atomic E-state index is 5.49. The van der Waals surface area contributed by atoms with E-state index < -0.39 is 0 Å². The second-order valence-electron chi connectivity index (χ2n) is 5.26. The van der Waals surface area contributed by atoms with Crippen LogP contribution in [0.2, 0.25) is 0 Å². The molecule has 0 amide bonds. The first kappa shape index (κ1) is 26.3. The molecule has 6 nitrogen and oxygen atoms in total. The molecule has 0 fully saturated rings. The van der Waals surface area contributed by atoms with Crippen molar-refractivity contribution < 1.29 is 93.5 Å². The first-order valence-electron chi connectivity index (χ1n) is 7.95. The quantitative estimate of drug-likeness (QED) is 0.335. The molecule has 0 spiro atoms. The molecule has 0 saturated heterocycles. The molecule has 0 atom stereocenters. The Balaban J connectivity index is 0.00000312. The summed E-state index contributed by atoms with van der Waals surface area (Å²) < 4.78 is 24.9. The number of hydrogen-bond donors (Lipinski definition) is 0. The van der Waals surface area contributed by atoms with Gasteiger partial charge in [0.05, 0.1) is 26.4 Å². The van der Waals surface area contributed by atoms with Crippen molar-refractivity contribution in [3.8, 4) is 11.1 Å². The Morgan fingerprint density at radius 2 is 0.962 bits per heavy atom. The van der Waals surface area contributed by atoms with Gasteiger partial charge in [0.25, 0.3) is 13.5 Å². The van der Waals surface area contributed by atoms with Gasteiger partial charge in [-0.25, -0.2) is 0 Å². The Kier molecular flexibility index (Phi) is 16.5. The van der Waals surface area contributed by atoms with E-state index in [0.29, 0.717) is 39.9 Å². The summed E-state index contributed by atoms with van der Waals surface area (Å²) in [5, 5.41) is 0. The third-order valence-electron chi connectivity index (χ3n) is 3.46. The van der Waals surface area contributed by atoms with Crippen molar-refractivity contribution in [3.05, 3.63) is 49.1 Å². The van der Waals surface area contributed by atoms with Crippen molar-refractivity contribution in [2.45, 2.75) is 13.5 Å². The van der Waals surface area contributed by atoms with Crippen molar-refractivity contribution in [1.29, 1.82) is 0 Å². The van der Waals surface area contributed by atoms with Gasteiger partial charge in [-0.2, -0.15) is 9.13 Å². The molecule has 2 heterocycles. The van der Waals surface area contributed by atoms with Crippen LogP contribution in [0.25, 0.3) is 11.1 Å². The molecule has 0 N–H and O–H groups in total. The average Bonchev–Trinajstić information content (AvgIpc) is 2.64. The summed E-state index contributed by atoms with van der Waals surface area (Å²) in [6.45, 7) is 3.46. The summed E-state index contributed by atoms with van der Waals surface area (Å²) in [5.41, 5.74) is 2.33. The molecule has 2 aromatic heterocycles. The van der Waals surface area contributed by atoms with Crippen LogP contribution in [0.1, 0.15) is 0 Å². The van der Waals surface area contributed by atoms with Gasteiger partial charge in [-0.1, -0.05) is 0 Å². The van der Waals surface area contributed by atoms with E-state index in [0.717, 1.165) is 11.1 Å². The number of hydrogen-bond acceptors (Lipinski definition) is 4. The van der Waals surface area contributed by atoms with Gasteiger partial charge in [0.15, 0.2) is 24.8 Å². The second-order valence-corrected chi connectivity index (χ2v) is 5.26. The third-order valence-corrected chi connectivity index (χ3v) is 3.46. The summed E-state index contributed by atoms with van der Waals surface area (Å²) >= 11 is 0.